The quantitative estimate of drug-likeness (QED) is 0.861. The first-order chi connectivity index (χ1) is 10.4. The Kier molecular flexibility index (Phi) is 6.09. The number of likely N-dealkylation sites (tertiary alicyclic amines) is 1. The summed E-state index contributed by atoms with van der Waals surface area (Å²) in [6.07, 6.45) is 1.03. The van der Waals surface area contributed by atoms with Crippen molar-refractivity contribution in [3.8, 4) is 0 Å². The standard InChI is InChI=1S/C16H21Cl2NO3/c1-10(20)5-14-3-2-4-19(14)16(22)9-15(21)11-6-12(17)8-13(18)7-11/h6-8,10,14-15,20-21H,2-5,9H2,1H3/t10-,14-,15-/m0/s1. The van der Waals surface area contributed by atoms with E-state index in [4.69, 9.17) is 23.2 Å². The van der Waals surface area contributed by atoms with Crippen LogP contribution in [0, 0.1) is 0 Å². The van der Waals surface area contributed by atoms with Gasteiger partial charge in [0.25, 0.3) is 0 Å². The molecule has 0 radical (unpaired) electrons. The summed E-state index contributed by atoms with van der Waals surface area (Å²) in [6.45, 7) is 2.41. The molecule has 1 saturated heterocycles. The van der Waals surface area contributed by atoms with E-state index in [0.717, 1.165) is 12.8 Å². The fraction of sp³-hybridized carbons (Fsp3) is 0.562. The molecule has 2 rings (SSSR count). The molecule has 1 aromatic rings. The molecule has 0 spiro atoms. The second kappa shape index (κ2) is 7.64. The van der Waals surface area contributed by atoms with E-state index in [-0.39, 0.29) is 18.4 Å². The number of nitrogens with zero attached hydrogens (tertiary/aromatic N) is 1. The van der Waals surface area contributed by atoms with E-state index in [0.29, 0.717) is 28.6 Å². The summed E-state index contributed by atoms with van der Waals surface area (Å²) in [5.74, 6) is -0.105. The average molecular weight is 346 g/mol. The lowest BCUT2D eigenvalue weighted by Gasteiger charge is -2.26. The van der Waals surface area contributed by atoms with Gasteiger partial charge in [0.1, 0.15) is 0 Å². The number of halogens is 2. The van der Waals surface area contributed by atoms with Crippen LogP contribution in [0.25, 0.3) is 0 Å². The Morgan fingerprint density at radius 3 is 2.55 bits per heavy atom. The molecule has 2 N–H and O–H groups in total. The van der Waals surface area contributed by atoms with Crippen LogP contribution in [-0.2, 0) is 4.79 Å². The van der Waals surface area contributed by atoms with Crippen LogP contribution in [-0.4, -0.2) is 39.7 Å². The topological polar surface area (TPSA) is 60.8 Å². The molecule has 1 heterocycles. The van der Waals surface area contributed by atoms with Gasteiger partial charge < -0.3 is 15.1 Å². The highest BCUT2D eigenvalue weighted by Crippen LogP contribution is 2.28. The SMILES string of the molecule is C[C@H](O)C[C@@H]1CCCN1C(=O)C[C@H](O)c1cc(Cl)cc(Cl)c1. The number of carbonyl (C=O) groups excluding carboxylic acids is 1. The highest BCUT2D eigenvalue weighted by atomic mass is 35.5. The van der Waals surface area contributed by atoms with Crippen LogP contribution < -0.4 is 0 Å². The van der Waals surface area contributed by atoms with Crippen LogP contribution in [0.1, 0.15) is 44.3 Å². The number of aliphatic hydroxyl groups is 2. The highest BCUT2D eigenvalue weighted by molar-refractivity contribution is 6.34. The third kappa shape index (κ3) is 4.59. The van der Waals surface area contributed by atoms with Crippen molar-refractivity contribution >= 4 is 29.1 Å². The molecule has 0 aliphatic carbocycles. The molecule has 1 amide bonds. The van der Waals surface area contributed by atoms with E-state index in [1.807, 2.05) is 0 Å². The summed E-state index contributed by atoms with van der Waals surface area (Å²) in [5.41, 5.74) is 0.539. The maximum atomic E-state index is 12.4. The summed E-state index contributed by atoms with van der Waals surface area (Å²) < 4.78 is 0. The molecule has 0 unspecified atom stereocenters. The Balaban J connectivity index is 2.01. The van der Waals surface area contributed by atoms with E-state index in [9.17, 15) is 15.0 Å². The van der Waals surface area contributed by atoms with Crippen LogP contribution in [0.4, 0.5) is 0 Å². The summed E-state index contributed by atoms with van der Waals surface area (Å²) in [6, 6.07) is 4.87. The van der Waals surface area contributed by atoms with Gasteiger partial charge in [-0.05, 0) is 49.9 Å². The van der Waals surface area contributed by atoms with Crippen molar-refractivity contribution in [3.05, 3.63) is 33.8 Å². The lowest BCUT2D eigenvalue weighted by Crippen LogP contribution is -2.37. The van der Waals surface area contributed by atoms with Crippen LogP contribution in [0.3, 0.4) is 0 Å². The molecule has 0 aromatic heterocycles. The molecular formula is C16H21Cl2NO3. The molecule has 1 aliphatic rings. The Morgan fingerprint density at radius 1 is 1.32 bits per heavy atom. The Hall–Kier alpha value is -0.810. The smallest absolute Gasteiger partial charge is 0.225 e. The third-order valence-corrected chi connectivity index (χ3v) is 4.38. The minimum absolute atomic E-state index is 0.00696. The lowest BCUT2D eigenvalue weighted by molar-refractivity contribution is -0.134. The number of hydrogen-bond donors (Lipinski definition) is 2. The molecule has 3 atom stereocenters. The fourth-order valence-corrected chi connectivity index (χ4v) is 3.51. The molecule has 1 aliphatic heterocycles. The summed E-state index contributed by atoms with van der Waals surface area (Å²) in [4.78, 5) is 14.2. The first kappa shape index (κ1) is 17.5. The molecule has 4 nitrogen and oxygen atoms in total. The van der Waals surface area contributed by atoms with Crippen molar-refractivity contribution in [1.82, 2.24) is 4.90 Å². The van der Waals surface area contributed by atoms with Crippen molar-refractivity contribution in [2.24, 2.45) is 0 Å². The van der Waals surface area contributed by atoms with Crippen LogP contribution in [0.5, 0.6) is 0 Å². The monoisotopic (exact) mass is 345 g/mol. The van der Waals surface area contributed by atoms with Gasteiger partial charge in [-0.15, -0.1) is 0 Å². The second-order valence-electron chi connectivity index (χ2n) is 5.89. The first-order valence-corrected chi connectivity index (χ1v) is 8.24. The number of carbonyl (C=O) groups is 1. The second-order valence-corrected chi connectivity index (χ2v) is 6.76. The van der Waals surface area contributed by atoms with Crippen molar-refractivity contribution in [1.29, 1.82) is 0 Å². The fourth-order valence-electron chi connectivity index (χ4n) is 2.97. The molecule has 6 heteroatoms. The Morgan fingerprint density at radius 2 is 1.95 bits per heavy atom. The van der Waals surface area contributed by atoms with Crippen molar-refractivity contribution in [2.45, 2.75) is 50.9 Å². The molecule has 1 aromatic carbocycles. The van der Waals surface area contributed by atoms with E-state index in [1.165, 1.54) is 0 Å². The van der Waals surface area contributed by atoms with E-state index in [1.54, 1.807) is 30.0 Å². The molecule has 22 heavy (non-hydrogen) atoms. The van der Waals surface area contributed by atoms with Gasteiger partial charge in [-0.1, -0.05) is 23.2 Å². The van der Waals surface area contributed by atoms with Crippen LogP contribution >= 0.6 is 23.2 Å². The van der Waals surface area contributed by atoms with E-state index in [2.05, 4.69) is 0 Å². The zero-order valence-corrected chi connectivity index (χ0v) is 14.0. The number of hydrogen-bond acceptors (Lipinski definition) is 3. The van der Waals surface area contributed by atoms with Crippen molar-refractivity contribution in [3.63, 3.8) is 0 Å². The van der Waals surface area contributed by atoms with Gasteiger partial charge >= 0.3 is 0 Å². The van der Waals surface area contributed by atoms with Gasteiger partial charge in [0, 0.05) is 22.6 Å². The van der Waals surface area contributed by atoms with E-state index >= 15 is 0 Å². The first-order valence-electron chi connectivity index (χ1n) is 7.48. The zero-order chi connectivity index (χ0) is 16.3. The lowest BCUT2D eigenvalue weighted by atomic mass is 10.0. The number of benzene rings is 1. The third-order valence-electron chi connectivity index (χ3n) is 3.95. The largest absolute Gasteiger partial charge is 0.393 e. The van der Waals surface area contributed by atoms with Crippen molar-refractivity contribution < 1.29 is 15.0 Å². The van der Waals surface area contributed by atoms with Crippen LogP contribution in [0.15, 0.2) is 18.2 Å². The number of aliphatic hydroxyl groups excluding tert-OH is 2. The summed E-state index contributed by atoms with van der Waals surface area (Å²) >= 11 is 11.8. The van der Waals surface area contributed by atoms with Gasteiger partial charge in [-0.2, -0.15) is 0 Å². The van der Waals surface area contributed by atoms with Gasteiger partial charge in [-0.3, -0.25) is 4.79 Å². The Bertz CT molecular complexity index is 516. The molecule has 122 valence electrons. The minimum atomic E-state index is -0.934. The molecule has 1 fully saturated rings. The minimum Gasteiger partial charge on any atom is -0.393 e. The predicted octanol–water partition coefficient (Wildman–Crippen LogP) is 3.18. The maximum absolute atomic E-state index is 12.4. The number of amides is 1. The van der Waals surface area contributed by atoms with Crippen LogP contribution in [0.2, 0.25) is 10.0 Å². The normalized spacial score (nSPS) is 21.0. The summed E-state index contributed by atoms with van der Waals surface area (Å²) in [5, 5.41) is 20.6. The van der Waals surface area contributed by atoms with Crippen molar-refractivity contribution in [2.75, 3.05) is 6.54 Å². The predicted molar refractivity (Wildman–Crippen MR) is 87.1 cm³/mol. The average Bonchev–Trinajstić information content (AvgIpc) is 2.84. The zero-order valence-electron chi connectivity index (χ0n) is 12.5. The van der Waals surface area contributed by atoms with E-state index < -0.39 is 12.2 Å². The molecule has 0 saturated carbocycles. The molecule has 0 bridgehead atoms. The highest BCUT2D eigenvalue weighted by Gasteiger charge is 2.30. The Labute approximate surface area is 140 Å². The summed E-state index contributed by atoms with van der Waals surface area (Å²) in [7, 11) is 0. The van der Waals surface area contributed by atoms with Gasteiger partial charge in [-0.25, -0.2) is 0 Å². The number of rotatable bonds is 5. The maximum Gasteiger partial charge on any atom is 0.225 e. The van der Waals surface area contributed by atoms with Gasteiger partial charge in [0.15, 0.2) is 0 Å². The molecular weight excluding hydrogens is 325 g/mol. The van der Waals surface area contributed by atoms with Gasteiger partial charge in [0.2, 0.25) is 5.91 Å². The van der Waals surface area contributed by atoms with Gasteiger partial charge in [0.05, 0.1) is 18.6 Å².